The summed E-state index contributed by atoms with van der Waals surface area (Å²) in [7, 11) is -8.67. The lowest BCUT2D eigenvalue weighted by Crippen LogP contribution is -2.38. The molecule has 1 unspecified atom stereocenters. The Bertz CT molecular complexity index is 4530. The van der Waals surface area contributed by atoms with Crippen LogP contribution in [-0.4, -0.2) is 89.0 Å². The van der Waals surface area contributed by atoms with Gasteiger partial charge in [-0.3, -0.25) is 23.5 Å². The molecule has 10 rings (SSSR count). The summed E-state index contributed by atoms with van der Waals surface area (Å²) in [4.78, 5) is 58.5. The summed E-state index contributed by atoms with van der Waals surface area (Å²) < 4.78 is 74.9. The number of aromatic hydroxyl groups is 1. The summed E-state index contributed by atoms with van der Waals surface area (Å²) in [6.45, 7) is 18.9. The summed E-state index contributed by atoms with van der Waals surface area (Å²) in [5, 5.41) is 25.9. The van der Waals surface area contributed by atoms with Crippen LogP contribution in [0, 0.1) is 0 Å². The Morgan fingerprint density at radius 1 is 0.689 bits per heavy atom. The van der Waals surface area contributed by atoms with E-state index in [1.165, 1.54) is 68.4 Å². The van der Waals surface area contributed by atoms with Crippen molar-refractivity contribution in [3.05, 3.63) is 184 Å². The smallest absolute Gasteiger partial charge is 0.336 e. The van der Waals surface area contributed by atoms with E-state index in [-0.39, 0.29) is 50.0 Å². The Labute approximate surface area is 524 Å². The number of anilines is 1. The Morgan fingerprint density at radius 2 is 1.33 bits per heavy atom. The number of benzene rings is 7. The molecule has 0 spiro atoms. The highest BCUT2D eigenvalue weighted by atomic mass is 32.2. The van der Waals surface area contributed by atoms with Crippen molar-refractivity contribution in [2.75, 3.05) is 18.0 Å². The van der Waals surface area contributed by atoms with Crippen molar-refractivity contribution in [2.24, 2.45) is 0 Å². The van der Waals surface area contributed by atoms with Gasteiger partial charge in [-0.25, -0.2) is 4.79 Å². The zero-order valence-corrected chi connectivity index (χ0v) is 53.6. The topological polar surface area (TPSA) is 266 Å². The summed E-state index contributed by atoms with van der Waals surface area (Å²) in [5.41, 5.74) is 7.80. The maximum absolute atomic E-state index is 11.9. The lowest BCUT2D eigenvalue weighted by molar-refractivity contribution is -0.438. The first kappa shape index (κ1) is 67.1. The number of amides is 1. The van der Waals surface area contributed by atoms with E-state index in [2.05, 4.69) is 68.5 Å². The number of hydrogen-bond donors (Lipinski definition) is 5. The van der Waals surface area contributed by atoms with Crippen LogP contribution in [0.3, 0.4) is 0 Å². The van der Waals surface area contributed by atoms with Gasteiger partial charge in [-0.15, -0.1) is 0 Å². The zero-order valence-electron chi connectivity index (χ0n) is 52.0. The molecule has 17 nitrogen and oxygen atoms in total. The number of Topliss-reactive ketones (excluding diaryl/α,β-unsaturated/α-hetero) is 2. The van der Waals surface area contributed by atoms with E-state index >= 15 is 0 Å². The maximum Gasteiger partial charge on any atom is 0.336 e. The SMILES string of the molecule is CCCCC(NC(C)=O)C(C)=O.CCN1C(=CC=CC=CC2=[N+](CCCCCC(C)=O)c3ccc4cc(S(=O)(=O)O)ccc4c3C2(C)C)C(C)(C)c2c1ccc1cc(S(=O)(=O)O)ccc21.O=C(O)c1ccccc1-c1c2ccc(=O)cc-2oc2cc(O)ccc12. The molecule has 4 aliphatic rings. The highest BCUT2D eigenvalue weighted by Gasteiger charge is 2.46. The van der Waals surface area contributed by atoms with Gasteiger partial charge < -0.3 is 29.6 Å². The summed E-state index contributed by atoms with van der Waals surface area (Å²) in [5.74, 6) is -0.589. The minimum Gasteiger partial charge on any atom is -0.508 e. The third kappa shape index (κ3) is 14.6. The third-order valence-electron chi connectivity index (χ3n) is 16.5. The van der Waals surface area contributed by atoms with E-state index in [0.29, 0.717) is 39.8 Å². The fourth-order valence-electron chi connectivity index (χ4n) is 12.3. The molecule has 5 N–H and O–H groups in total. The minimum atomic E-state index is -4.34. The van der Waals surface area contributed by atoms with Crippen molar-refractivity contribution in [3.63, 3.8) is 0 Å². The number of phenolic OH excluding ortho intramolecular Hbond substituents is 1. The molecule has 1 amide bonds. The number of rotatable bonds is 19. The second-order valence-corrected chi connectivity index (χ2v) is 26.5. The van der Waals surface area contributed by atoms with E-state index < -0.39 is 37.0 Å². The predicted molar refractivity (Wildman–Crippen MR) is 353 cm³/mol. The van der Waals surface area contributed by atoms with Gasteiger partial charge in [-0.05, 0) is 159 Å². The number of carbonyl (C=O) groups excluding carboxylic acids is 3. The van der Waals surface area contributed by atoms with E-state index in [1.54, 1.807) is 49.4 Å². The van der Waals surface area contributed by atoms with Crippen LogP contribution in [0.2, 0.25) is 0 Å². The Hall–Kier alpha value is -8.88. The number of allylic oxidation sites excluding steroid dienone is 6. The second-order valence-electron chi connectivity index (χ2n) is 23.6. The molecule has 90 heavy (non-hydrogen) atoms. The van der Waals surface area contributed by atoms with E-state index in [9.17, 15) is 60.1 Å². The van der Waals surface area contributed by atoms with Crippen molar-refractivity contribution in [3.8, 4) is 28.2 Å². The average Bonchev–Trinajstić information content (AvgIpc) is 1.54. The van der Waals surface area contributed by atoms with Crippen LogP contribution in [0.5, 0.6) is 5.75 Å². The molecule has 1 aliphatic carbocycles. The van der Waals surface area contributed by atoms with E-state index in [1.807, 2.05) is 42.5 Å². The molecule has 19 heteroatoms. The molecule has 0 fully saturated rings. The zero-order chi connectivity index (χ0) is 65.6. The number of hydrogen-bond acceptors (Lipinski definition) is 12. The van der Waals surface area contributed by atoms with Gasteiger partial charge >= 0.3 is 5.97 Å². The lowest BCUT2D eigenvalue weighted by Gasteiger charge is -2.26. The normalized spacial score (nSPS) is 15.1. The standard InChI is InChI=1S/C42H46N2O7S2.C20H12O5.C9H17NO2/c1-7-43-35-23-17-29-26-31(52(46,47)48)19-21-33(29)39(35)41(3,4)37(43)15-11-8-12-16-38-42(5,6)40-34-22-20-32(53(49,50)51)27-30(34)18-24-36(40)44(38)25-13-9-10-14-28(2)45;21-11-5-7-15-17(9-11)25-18-10-12(22)6-8-16(18)19(15)13-3-1-2-4-14(13)20(23)24;1-4-5-6-9(7(2)11)10-8(3)12/h8,11-12,15-24,26-27H,7,9-10,13-14,25H2,1-6H3,(H-,46,47,48,49,50,51);1-10,21H,(H,23,24);9H,4-6H2,1-3H3,(H,10,12)/p+1. The molecule has 0 saturated heterocycles. The van der Waals surface area contributed by atoms with Crippen molar-refractivity contribution in [2.45, 2.75) is 134 Å². The summed E-state index contributed by atoms with van der Waals surface area (Å²) in [6.07, 6.45) is 16.4. The fourth-order valence-corrected chi connectivity index (χ4v) is 13.3. The molecular formula is C71H76N3O14S2+. The first-order valence-corrected chi connectivity index (χ1v) is 32.7. The molecule has 0 bridgehead atoms. The molecule has 0 aromatic heterocycles. The molecule has 1 atom stereocenters. The van der Waals surface area contributed by atoms with Gasteiger partial charge in [0.25, 0.3) is 20.2 Å². The number of unbranched alkanes of at least 4 members (excludes halogenated alkanes) is 3. The average molecular weight is 1260 g/mol. The molecule has 0 radical (unpaired) electrons. The quantitative estimate of drug-likeness (QED) is 0.0166. The van der Waals surface area contributed by atoms with Crippen LogP contribution in [-0.2, 0) is 45.4 Å². The molecular weight excluding hydrogens is 1180 g/mol. The summed E-state index contributed by atoms with van der Waals surface area (Å²) >= 11 is 0. The Balaban J connectivity index is 0.000000231. The molecule has 6 aromatic carbocycles. The van der Waals surface area contributed by atoms with Crippen LogP contribution in [0.15, 0.2) is 176 Å². The number of carbonyl (C=O) groups is 4. The highest BCUT2D eigenvalue weighted by Crippen LogP contribution is 2.51. The van der Waals surface area contributed by atoms with Crippen LogP contribution in [0.25, 0.3) is 55.0 Å². The van der Waals surface area contributed by atoms with Crippen LogP contribution in [0.1, 0.15) is 129 Å². The first-order chi connectivity index (χ1) is 42.5. The number of nitrogens with one attached hydrogen (secondary N) is 1. The minimum absolute atomic E-state index is 0.0198. The van der Waals surface area contributed by atoms with Crippen LogP contribution >= 0.6 is 0 Å². The van der Waals surface area contributed by atoms with E-state index in [4.69, 9.17) is 4.42 Å². The number of ketones is 2. The number of fused-ring (bicyclic) bond motifs is 8. The largest absolute Gasteiger partial charge is 0.508 e. The van der Waals surface area contributed by atoms with Crippen molar-refractivity contribution in [1.29, 1.82) is 0 Å². The van der Waals surface area contributed by atoms with Gasteiger partial charge in [0, 0.05) is 89.5 Å². The lowest BCUT2D eigenvalue weighted by atomic mass is 9.79. The highest BCUT2D eigenvalue weighted by molar-refractivity contribution is 7.86. The number of carboxylic acid groups (broad SMARTS) is 1. The fraction of sp³-hybridized carbons (Fsp3) is 0.296. The second kappa shape index (κ2) is 27.5. The summed E-state index contributed by atoms with van der Waals surface area (Å²) in [6, 6.07) is 32.7. The van der Waals surface area contributed by atoms with Gasteiger partial charge in [0.15, 0.2) is 16.9 Å². The van der Waals surface area contributed by atoms with Crippen LogP contribution in [0.4, 0.5) is 11.4 Å². The third-order valence-corrected chi connectivity index (χ3v) is 18.2. The van der Waals surface area contributed by atoms with Gasteiger partial charge in [-0.2, -0.15) is 21.4 Å². The van der Waals surface area contributed by atoms with Crippen LogP contribution < -0.4 is 15.6 Å². The first-order valence-electron chi connectivity index (χ1n) is 29.9. The Kier molecular flexibility index (Phi) is 20.5. The number of phenols is 1. The molecule has 3 aliphatic heterocycles. The predicted octanol–water partition coefficient (Wildman–Crippen LogP) is 14.1. The number of aromatic carboxylic acids is 1. The number of carboxylic acids is 1. The molecule has 0 saturated carbocycles. The molecule has 6 aromatic rings. The number of nitrogens with zero attached hydrogens (tertiary/aromatic N) is 2. The molecule has 3 heterocycles. The molecule has 470 valence electrons. The van der Waals surface area contributed by atoms with Gasteiger partial charge in [0.2, 0.25) is 11.6 Å². The Morgan fingerprint density at radius 3 is 1.94 bits per heavy atom. The van der Waals surface area contributed by atoms with Gasteiger partial charge in [0.05, 0.1) is 26.8 Å². The van der Waals surface area contributed by atoms with Gasteiger partial charge in [-0.1, -0.05) is 88.2 Å². The van der Waals surface area contributed by atoms with Crippen molar-refractivity contribution >= 4 is 93.3 Å². The van der Waals surface area contributed by atoms with Crippen molar-refractivity contribution < 1.29 is 64.3 Å². The maximum atomic E-state index is 11.9. The van der Waals surface area contributed by atoms with Crippen molar-refractivity contribution in [1.82, 2.24) is 5.32 Å². The van der Waals surface area contributed by atoms with E-state index in [0.717, 1.165) is 107 Å². The van der Waals surface area contributed by atoms with Gasteiger partial charge in [0.1, 0.15) is 29.4 Å². The number of likely N-dealkylation sites (N-methyl/N-ethyl adjacent to an activating group) is 1. The monoisotopic (exact) mass is 1260 g/mol.